The van der Waals surface area contributed by atoms with E-state index in [4.69, 9.17) is 16.3 Å². The fraction of sp³-hybridized carbons (Fsp3) is 0.263. The monoisotopic (exact) mass is 417 g/mol. The van der Waals surface area contributed by atoms with Gasteiger partial charge in [-0.05, 0) is 66.6 Å². The van der Waals surface area contributed by atoms with Crippen LogP contribution in [0.4, 0.5) is 5.69 Å². The fourth-order valence-corrected chi connectivity index (χ4v) is 3.53. The Hall–Kier alpha value is -2.58. The molecule has 0 aliphatic rings. The lowest BCUT2D eigenvalue weighted by molar-refractivity contribution is -0.115. The molecule has 0 spiro atoms. The fourth-order valence-electron chi connectivity index (χ4n) is 2.56. The molecule has 0 saturated carbocycles. The summed E-state index contributed by atoms with van der Waals surface area (Å²) in [5.74, 6) is 0.479. The van der Waals surface area contributed by atoms with Gasteiger partial charge in [0.25, 0.3) is 0 Å². The van der Waals surface area contributed by atoms with Crippen LogP contribution < -0.4 is 10.1 Å². The molecule has 0 saturated heterocycles. The number of tetrazole rings is 1. The van der Waals surface area contributed by atoms with E-state index in [1.54, 1.807) is 30.8 Å². The van der Waals surface area contributed by atoms with Crippen molar-refractivity contribution < 1.29 is 9.53 Å². The molecular weight excluding hydrogens is 398 g/mol. The molecule has 1 N–H and O–H groups in total. The number of carbonyl (C=O) groups is 1. The summed E-state index contributed by atoms with van der Waals surface area (Å²) in [4.78, 5) is 12.6. The number of methoxy groups -OCH3 is 1. The zero-order valence-corrected chi connectivity index (χ0v) is 17.5. The molecule has 0 aliphatic carbocycles. The molecule has 28 heavy (non-hydrogen) atoms. The van der Waals surface area contributed by atoms with Gasteiger partial charge in [-0.15, -0.1) is 5.10 Å². The van der Waals surface area contributed by atoms with Gasteiger partial charge in [-0.3, -0.25) is 4.79 Å². The van der Waals surface area contributed by atoms with Crippen LogP contribution in [-0.2, 0) is 4.79 Å². The second-order valence-electron chi connectivity index (χ2n) is 6.21. The van der Waals surface area contributed by atoms with Crippen molar-refractivity contribution in [3.8, 4) is 11.4 Å². The van der Waals surface area contributed by atoms with Gasteiger partial charge in [0.05, 0.1) is 12.4 Å². The molecule has 0 bridgehead atoms. The van der Waals surface area contributed by atoms with Crippen molar-refractivity contribution in [2.24, 2.45) is 0 Å². The topological polar surface area (TPSA) is 81.9 Å². The second kappa shape index (κ2) is 8.62. The number of rotatable bonds is 6. The average Bonchev–Trinajstić information content (AvgIpc) is 3.13. The minimum atomic E-state index is -0.432. The van der Waals surface area contributed by atoms with Crippen LogP contribution in [0.15, 0.2) is 41.6 Å². The Labute approximate surface area is 172 Å². The van der Waals surface area contributed by atoms with Gasteiger partial charge < -0.3 is 10.1 Å². The van der Waals surface area contributed by atoms with Gasteiger partial charge in [-0.2, -0.15) is 4.68 Å². The van der Waals surface area contributed by atoms with Crippen LogP contribution >= 0.6 is 23.4 Å². The summed E-state index contributed by atoms with van der Waals surface area (Å²) >= 11 is 7.38. The van der Waals surface area contributed by atoms with Crippen LogP contribution in [-0.4, -0.2) is 38.5 Å². The normalized spacial score (nSPS) is 11.9. The molecule has 0 radical (unpaired) electrons. The lowest BCUT2D eigenvalue weighted by atomic mass is 10.2. The van der Waals surface area contributed by atoms with E-state index in [1.807, 2.05) is 38.1 Å². The molecule has 1 heterocycles. The third kappa shape index (κ3) is 4.28. The first kappa shape index (κ1) is 20.2. The molecule has 7 nitrogen and oxygen atoms in total. The molecule has 3 aromatic rings. The number of hydrogen-bond acceptors (Lipinski definition) is 6. The van der Waals surface area contributed by atoms with Crippen molar-refractivity contribution in [3.63, 3.8) is 0 Å². The number of anilines is 1. The molecule has 1 amide bonds. The Balaban J connectivity index is 1.80. The Kier molecular flexibility index (Phi) is 6.21. The molecule has 3 rings (SSSR count). The lowest BCUT2D eigenvalue weighted by Crippen LogP contribution is -2.23. The van der Waals surface area contributed by atoms with Crippen LogP contribution in [0.2, 0.25) is 5.02 Å². The van der Waals surface area contributed by atoms with E-state index in [0.29, 0.717) is 27.3 Å². The Morgan fingerprint density at radius 1 is 1.29 bits per heavy atom. The molecule has 0 aliphatic heterocycles. The predicted octanol–water partition coefficient (Wildman–Crippen LogP) is 4.06. The molecular formula is C19H20ClN5O2S. The van der Waals surface area contributed by atoms with E-state index in [9.17, 15) is 4.79 Å². The average molecular weight is 418 g/mol. The van der Waals surface area contributed by atoms with Crippen molar-refractivity contribution in [1.82, 2.24) is 20.2 Å². The Morgan fingerprint density at radius 2 is 2.07 bits per heavy atom. The number of nitrogens with zero attached hydrogens (tertiary/aromatic N) is 4. The number of thioether (sulfide) groups is 1. The summed E-state index contributed by atoms with van der Waals surface area (Å²) in [5, 5.41) is 15.5. The molecule has 2 aromatic carbocycles. The van der Waals surface area contributed by atoms with Crippen LogP contribution in [0.5, 0.6) is 5.75 Å². The summed E-state index contributed by atoms with van der Waals surface area (Å²) in [5.41, 5.74) is 3.27. The molecule has 1 aromatic heterocycles. The number of ether oxygens (including phenoxy) is 1. The highest BCUT2D eigenvalue weighted by Crippen LogP contribution is 2.29. The number of halogens is 1. The van der Waals surface area contributed by atoms with Crippen LogP contribution in [0.3, 0.4) is 0 Å². The third-order valence-corrected chi connectivity index (χ3v) is 5.62. The van der Waals surface area contributed by atoms with Gasteiger partial charge in [0.1, 0.15) is 11.4 Å². The summed E-state index contributed by atoms with van der Waals surface area (Å²) in [7, 11) is 1.59. The first-order valence-corrected chi connectivity index (χ1v) is 9.82. The molecule has 9 heteroatoms. The zero-order valence-electron chi connectivity index (χ0n) is 15.9. The van der Waals surface area contributed by atoms with Crippen LogP contribution in [0, 0.1) is 13.8 Å². The van der Waals surface area contributed by atoms with Gasteiger partial charge in [0, 0.05) is 10.7 Å². The predicted molar refractivity (Wildman–Crippen MR) is 111 cm³/mol. The van der Waals surface area contributed by atoms with E-state index in [1.165, 1.54) is 11.8 Å². The van der Waals surface area contributed by atoms with Gasteiger partial charge in [-0.25, -0.2) is 0 Å². The quantitative estimate of drug-likeness (QED) is 0.609. The number of amides is 1. The van der Waals surface area contributed by atoms with E-state index < -0.39 is 5.25 Å². The van der Waals surface area contributed by atoms with Gasteiger partial charge in [-0.1, -0.05) is 35.5 Å². The summed E-state index contributed by atoms with van der Waals surface area (Å²) in [6, 6.07) is 11.1. The van der Waals surface area contributed by atoms with Crippen molar-refractivity contribution in [2.75, 3.05) is 12.4 Å². The first-order chi connectivity index (χ1) is 13.4. The standard InChI is InChI=1S/C19H20ClN5O2S/c1-11-8-9-17(27-4)16(10-11)25-19(22-23-24-25)28-13(3)18(26)21-15-7-5-6-14(20)12(15)2/h5-10,13H,1-4H3,(H,21,26). The second-order valence-corrected chi connectivity index (χ2v) is 7.93. The van der Waals surface area contributed by atoms with Crippen molar-refractivity contribution in [1.29, 1.82) is 0 Å². The summed E-state index contributed by atoms with van der Waals surface area (Å²) in [6.45, 7) is 5.64. The highest BCUT2D eigenvalue weighted by atomic mass is 35.5. The number of benzene rings is 2. The molecule has 0 fully saturated rings. The number of hydrogen-bond donors (Lipinski definition) is 1. The third-order valence-electron chi connectivity index (χ3n) is 4.18. The van der Waals surface area contributed by atoms with Gasteiger partial charge >= 0.3 is 0 Å². The zero-order chi connectivity index (χ0) is 20.3. The summed E-state index contributed by atoms with van der Waals surface area (Å²) in [6.07, 6.45) is 0. The minimum absolute atomic E-state index is 0.166. The highest BCUT2D eigenvalue weighted by molar-refractivity contribution is 8.00. The van der Waals surface area contributed by atoms with E-state index >= 15 is 0 Å². The number of aromatic nitrogens is 4. The van der Waals surface area contributed by atoms with Crippen molar-refractivity contribution in [3.05, 3.63) is 52.5 Å². The number of carbonyl (C=O) groups excluding carboxylic acids is 1. The van der Waals surface area contributed by atoms with Gasteiger partial charge in [0.2, 0.25) is 11.1 Å². The van der Waals surface area contributed by atoms with E-state index in [-0.39, 0.29) is 5.91 Å². The van der Waals surface area contributed by atoms with Crippen LogP contribution in [0.25, 0.3) is 5.69 Å². The van der Waals surface area contributed by atoms with E-state index in [0.717, 1.165) is 11.1 Å². The largest absolute Gasteiger partial charge is 0.494 e. The maximum Gasteiger partial charge on any atom is 0.237 e. The smallest absolute Gasteiger partial charge is 0.237 e. The molecule has 1 unspecified atom stereocenters. The van der Waals surface area contributed by atoms with Gasteiger partial charge in [0.15, 0.2) is 0 Å². The lowest BCUT2D eigenvalue weighted by Gasteiger charge is -2.14. The van der Waals surface area contributed by atoms with Crippen LogP contribution in [0.1, 0.15) is 18.1 Å². The van der Waals surface area contributed by atoms with E-state index in [2.05, 4.69) is 20.8 Å². The first-order valence-electron chi connectivity index (χ1n) is 8.56. The SMILES string of the molecule is COc1ccc(C)cc1-n1nnnc1SC(C)C(=O)Nc1cccc(Cl)c1C. The highest BCUT2D eigenvalue weighted by Gasteiger charge is 2.21. The molecule has 1 atom stereocenters. The summed E-state index contributed by atoms with van der Waals surface area (Å²) < 4.78 is 6.99. The minimum Gasteiger partial charge on any atom is -0.494 e. The number of nitrogens with one attached hydrogen (secondary N) is 1. The maximum atomic E-state index is 12.6. The number of aryl methyl sites for hydroxylation is 1. The van der Waals surface area contributed by atoms with Crippen molar-refractivity contribution >= 4 is 35.0 Å². The Morgan fingerprint density at radius 3 is 2.82 bits per heavy atom. The van der Waals surface area contributed by atoms with Crippen molar-refractivity contribution in [2.45, 2.75) is 31.2 Å². The molecule has 146 valence electrons. The Bertz CT molecular complexity index is 1010. The maximum absolute atomic E-state index is 12.6.